The van der Waals surface area contributed by atoms with Crippen LogP contribution in [-0.2, 0) is 14.6 Å². The third kappa shape index (κ3) is 3.50. The minimum Gasteiger partial charge on any atom is -0.314 e. The molecule has 1 fully saturated rings. The zero-order chi connectivity index (χ0) is 11.5. The van der Waals surface area contributed by atoms with Crippen LogP contribution in [0.1, 0.15) is 13.3 Å². The summed E-state index contributed by atoms with van der Waals surface area (Å²) in [6.45, 7) is 1.82. The van der Waals surface area contributed by atoms with Gasteiger partial charge in [0.2, 0.25) is 5.91 Å². The summed E-state index contributed by atoms with van der Waals surface area (Å²) in [5.41, 5.74) is 0. The fourth-order valence-corrected chi connectivity index (χ4v) is 2.65. The fourth-order valence-electron chi connectivity index (χ4n) is 1.33. The summed E-state index contributed by atoms with van der Waals surface area (Å²) in [4.78, 5) is 23.1. The molecule has 15 heavy (non-hydrogen) atoms. The normalized spacial score (nSPS) is 17.0. The summed E-state index contributed by atoms with van der Waals surface area (Å²) in [7, 11) is -3.09. The van der Waals surface area contributed by atoms with Crippen LogP contribution in [0.15, 0.2) is 0 Å². The molecule has 1 aliphatic rings. The topological polar surface area (TPSA) is 83.6 Å². The maximum Gasteiger partial charge on any atom is 0.324 e. The lowest BCUT2D eigenvalue weighted by Gasteiger charge is -2.12. The first-order valence-electron chi connectivity index (χ1n) is 4.74. The molecule has 0 atom stereocenters. The van der Waals surface area contributed by atoms with Gasteiger partial charge in [0.1, 0.15) is 6.54 Å². The predicted molar refractivity (Wildman–Crippen MR) is 54.1 cm³/mol. The molecule has 7 heteroatoms. The van der Waals surface area contributed by atoms with Crippen molar-refractivity contribution in [3.05, 3.63) is 0 Å². The van der Waals surface area contributed by atoms with Crippen LogP contribution in [0.2, 0.25) is 0 Å². The molecule has 0 unspecified atom stereocenters. The van der Waals surface area contributed by atoms with Gasteiger partial charge in [-0.15, -0.1) is 0 Å². The van der Waals surface area contributed by atoms with Crippen LogP contribution in [0.25, 0.3) is 0 Å². The van der Waals surface area contributed by atoms with Crippen molar-refractivity contribution in [1.82, 2.24) is 10.2 Å². The van der Waals surface area contributed by atoms with Gasteiger partial charge in [0, 0.05) is 12.3 Å². The fraction of sp³-hybridized carbons (Fsp3) is 0.750. The highest BCUT2D eigenvalue weighted by molar-refractivity contribution is 7.91. The Labute approximate surface area is 88.5 Å². The number of imide groups is 1. The van der Waals surface area contributed by atoms with E-state index in [9.17, 15) is 18.0 Å². The van der Waals surface area contributed by atoms with Gasteiger partial charge in [0.25, 0.3) is 0 Å². The molecule has 1 saturated heterocycles. The number of carbonyl (C=O) groups is 2. The van der Waals surface area contributed by atoms with Gasteiger partial charge in [-0.2, -0.15) is 0 Å². The molecule has 0 aromatic rings. The molecular formula is C8H14N2O4S. The summed E-state index contributed by atoms with van der Waals surface area (Å²) in [6, 6.07) is -0.508. The molecule has 0 aromatic heterocycles. The summed E-state index contributed by atoms with van der Waals surface area (Å²) in [5.74, 6) is -0.342. The van der Waals surface area contributed by atoms with Gasteiger partial charge in [-0.1, -0.05) is 6.92 Å². The van der Waals surface area contributed by atoms with E-state index in [-0.39, 0.29) is 30.5 Å². The molecule has 0 radical (unpaired) electrons. The monoisotopic (exact) mass is 234 g/mol. The van der Waals surface area contributed by atoms with Gasteiger partial charge in [0.15, 0.2) is 9.84 Å². The number of nitrogens with zero attached hydrogens (tertiary/aromatic N) is 1. The smallest absolute Gasteiger partial charge is 0.314 e. The third-order valence-electron chi connectivity index (χ3n) is 2.06. The average Bonchev–Trinajstić information content (AvgIpc) is 2.42. The molecule has 0 saturated carbocycles. The molecule has 3 amide bonds. The lowest BCUT2D eigenvalue weighted by molar-refractivity contribution is -0.118. The second-order valence-corrected chi connectivity index (χ2v) is 5.73. The largest absolute Gasteiger partial charge is 0.324 e. The first-order chi connectivity index (χ1) is 6.94. The van der Waals surface area contributed by atoms with E-state index in [0.29, 0.717) is 6.42 Å². The second-order valence-electron chi connectivity index (χ2n) is 3.43. The molecule has 86 valence electrons. The zero-order valence-corrected chi connectivity index (χ0v) is 9.34. The molecule has 6 nitrogen and oxygen atoms in total. The van der Waals surface area contributed by atoms with E-state index in [0.717, 1.165) is 0 Å². The third-order valence-corrected chi connectivity index (χ3v) is 3.89. The van der Waals surface area contributed by atoms with Crippen molar-refractivity contribution in [3.63, 3.8) is 0 Å². The number of hydrogen-bond donors (Lipinski definition) is 1. The van der Waals surface area contributed by atoms with E-state index in [1.807, 2.05) is 0 Å². The molecule has 0 aliphatic carbocycles. The number of sulfone groups is 1. The van der Waals surface area contributed by atoms with Crippen molar-refractivity contribution in [2.45, 2.75) is 13.3 Å². The van der Waals surface area contributed by atoms with Gasteiger partial charge in [-0.3, -0.25) is 10.1 Å². The van der Waals surface area contributed by atoms with Gasteiger partial charge in [-0.25, -0.2) is 13.2 Å². The molecule has 0 spiro atoms. The van der Waals surface area contributed by atoms with E-state index >= 15 is 0 Å². The first-order valence-corrected chi connectivity index (χ1v) is 6.56. The molecule has 1 rings (SSSR count). The highest BCUT2D eigenvalue weighted by Crippen LogP contribution is 2.00. The number of rotatable bonds is 5. The van der Waals surface area contributed by atoms with Crippen molar-refractivity contribution in [2.75, 3.05) is 24.6 Å². The first kappa shape index (κ1) is 12.0. The van der Waals surface area contributed by atoms with Crippen LogP contribution in [0.3, 0.4) is 0 Å². The number of carbonyl (C=O) groups excluding carboxylic acids is 2. The van der Waals surface area contributed by atoms with E-state index in [1.54, 1.807) is 6.92 Å². The van der Waals surface area contributed by atoms with Crippen LogP contribution < -0.4 is 5.32 Å². The lowest BCUT2D eigenvalue weighted by atomic mass is 10.5. The van der Waals surface area contributed by atoms with E-state index in [1.165, 1.54) is 4.90 Å². The second kappa shape index (κ2) is 4.61. The zero-order valence-electron chi connectivity index (χ0n) is 8.52. The minimum atomic E-state index is -3.09. The van der Waals surface area contributed by atoms with Crippen LogP contribution in [0.5, 0.6) is 0 Å². The van der Waals surface area contributed by atoms with Gasteiger partial charge < -0.3 is 4.90 Å². The molecule has 1 N–H and O–H groups in total. The Balaban J connectivity index is 2.44. The van der Waals surface area contributed by atoms with Crippen molar-refractivity contribution in [1.29, 1.82) is 0 Å². The number of amides is 3. The summed E-state index contributed by atoms with van der Waals surface area (Å²) < 4.78 is 22.7. The van der Waals surface area contributed by atoms with E-state index in [4.69, 9.17) is 0 Å². The maximum absolute atomic E-state index is 11.3. The van der Waals surface area contributed by atoms with Crippen LogP contribution in [0.4, 0.5) is 4.79 Å². The van der Waals surface area contributed by atoms with E-state index < -0.39 is 15.9 Å². The molecule has 0 bridgehead atoms. The Kier molecular flexibility index (Phi) is 3.67. The molecular weight excluding hydrogens is 220 g/mol. The van der Waals surface area contributed by atoms with Gasteiger partial charge in [-0.05, 0) is 6.42 Å². The maximum atomic E-state index is 11.3. The Morgan fingerprint density at radius 1 is 1.33 bits per heavy atom. The van der Waals surface area contributed by atoms with Crippen molar-refractivity contribution >= 4 is 21.8 Å². The Hall–Kier alpha value is -1.11. The lowest BCUT2D eigenvalue weighted by Crippen LogP contribution is -2.33. The quantitative estimate of drug-likeness (QED) is 0.641. The average molecular weight is 234 g/mol. The highest BCUT2D eigenvalue weighted by Gasteiger charge is 2.27. The van der Waals surface area contributed by atoms with Gasteiger partial charge >= 0.3 is 6.03 Å². The number of urea groups is 1. The van der Waals surface area contributed by atoms with Crippen molar-refractivity contribution in [3.8, 4) is 0 Å². The van der Waals surface area contributed by atoms with E-state index in [2.05, 4.69) is 5.32 Å². The van der Waals surface area contributed by atoms with Crippen molar-refractivity contribution in [2.24, 2.45) is 0 Å². The standard InChI is InChI=1S/C8H14N2O4S/c1-2-4-15(13,14)5-3-10-6-7(11)9-8(10)12/h2-6H2,1H3,(H,9,11,12). The summed E-state index contributed by atoms with van der Waals surface area (Å²) in [6.07, 6.45) is 0.563. The highest BCUT2D eigenvalue weighted by atomic mass is 32.2. The van der Waals surface area contributed by atoms with Crippen LogP contribution in [-0.4, -0.2) is 49.9 Å². The van der Waals surface area contributed by atoms with Crippen LogP contribution in [0, 0.1) is 0 Å². The Bertz CT molecular complexity index is 363. The molecule has 1 heterocycles. The van der Waals surface area contributed by atoms with Gasteiger partial charge in [0.05, 0.1) is 5.75 Å². The predicted octanol–water partition coefficient (Wildman–Crippen LogP) is -0.637. The van der Waals surface area contributed by atoms with Crippen molar-refractivity contribution < 1.29 is 18.0 Å². The SMILES string of the molecule is CCCS(=O)(=O)CCN1CC(=O)NC1=O. The number of hydrogen-bond acceptors (Lipinski definition) is 4. The molecule has 1 aliphatic heterocycles. The van der Waals surface area contributed by atoms with Crippen LogP contribution >= 0.6 is 0 Å². The summed E-state index contributed by atoms with van der Waals surface area (Å²) >= 11 is 0. The molecule has 0 aromatic carbocycles. The Morgan fingerprint density at radius 2 is 2.00 bits per heavy atom. The summed E-state index contributed by atoms with van der Waals surface area (Å²) in [5, 5.41) is 2.09. The number of nitrogens with one attached hydrogen (secondary N) is 1. The Morgan fingerprint density at radius 3 is 2.47 bits per heavy atom. The minimum absolute atomic E-state index is 0.0412.